The summed E-state index contributed by atoms with van der Waals surface area (Å²) in [6, 6.07) is 15.9. The number of hydrazone groups is 1. The number of carboxylic acids is 1. The number of carboxylic acid groups (broad SMARTS) is 1. The minimum atomic E-state index is -0.846. The predicted octanol–water partition coefficient (Wildman–Crippen LogP) is 2.46. The third kappa shape index (κ3) is 6.91. The zero-order chi connectivity index (χ0) is 27.6. The molecule has 12 nitrogen and oxygen atoms in total. The van der Waals surface area contributed by atoms with Gasteiger partial charge < -0.3 is 25.9 Å². The van der Waals surface area contributed by atoms with Crippen molar-refractivity contribution in [1.82, 2.24) is 15.0 Å². The van der Waals surface area contributed by atoms with E-state index in [1.54, 1.807) is 31.4 Å². The number of nitrogens with one attached hydrogen (secondary N) is 1. The van der Waals surface area contributed by atoms with Crippen molar-refractivity contribution in [3.63, 3.8) is 0 Å². The fourth-order valence-electron chi connectivity index (χ4n) is 4.22. The Hall–Kier alpha value is -4.89. The number of methoxy groups -OCH3 is 1. The van der Waals surface area contributed by atoms with Gasteiger partial charge in [-0.05, 0) is 43.2 Å². The summed E-state index contributed by atoms with van der Waals surface area (Å²) in [7, 11) is 1.60. The summed E-state index contributed by atoms with van der Waals surface area (Å²) < 4.78 is 5.10. The van der Waals surface area contributed by atoms with E-state index < -0.39 is 12.0 Å². The lowest BCUT2D eigenvalue weighted by atomic mass is 10.1. The first kappa shape index (κ1) is 27.2. The van der Waals surface area contributed by atoms with E-state index in [2.05, 4.69) is 36.4 Å². The summed E-state index contributed by atoms with van der Waals surface area (Å²) in [6.45, 7) is 1.83. The lowest BCUT2D eigenvalue weighted by Gasteiger charge is -2.22. The van der Waals surface area contributed by atoms with Gasteiger partial charge in [0.15, 0.2) is 0 Å². The van der Waals surface area contributed by atoms with Gasteiger partial charge in [0.05, 0.1) is 48.1 Å². The van der Waals surface area contributed by atoms with Crippen LogP contribution >= 0.6 is 0 Å². The number of hydrogen-bond donors (Lipinski definition) is 3. The number of nitriles is 1. The highest BCUT2D eigenvalue weighted by Crippen LogP contribution is 2.24. The second kappa shape index (κ2) is 13.1. The molecule has 2 aromatic heterocycles. The van der Waals surface area contributed by atoms with Gasteiger partial charge in [-0.1, -0.05) is 18.2 Å². The Balaban J connectivity index is 1.56. The topological polar surface area (TPSA) is 175 Å². The van der Waals surface area contributed by atoms with Crippen LogP contribution in [-0.4, -0.2) is 70.8 Å². The van der Waals surface area contributed by atoms with Gasteiger partial charge in [0.25, 0.3) is 0 Å². The number of rotatable bonds is 11. The molecule has 0 aliphatic carbocycles. The molecule has 1 aliphatic heterocycles. The molecule has 0 bridgehead atoms. The van der Waals surface area contributed by atoms with Gasteiger partial charge in [-0.25, -0.2) is 19.7 Å². The van der Waals surface area contributed by atoms with E-state index in [1.807, 2.05) is 29.2 Å². The summed E-state index contributed by atoms with van der Waals surface area (Å²) in [4.78, 5) is 31.6. The van der Waals surface area contributed by atoms with Crippen molar-refractivity contribution in [3.8, 4) is 17.3 Å². The van der Waals surface area contributed by atoms with Crippen molar-refractivity contribution < 1.29 is 14.6 Å². The molecule has 0 saturated carbocycles. The first-order valence-corrected chi connectivity index (χ1v) is 12.4. The Labute approximate surface area is 225 Å². The molecule has 0 spiro atoms. The molecule has 3 heterocycles. The number of anilines is 2. The Morgan fingerprint density at radius 2 is 2.13 bits per heavy atom. The van der Waals surface area contributed by atoms with Gasteiger partial charge in [-0.15, -0.1) is 0 Å². The summed E-state index contributed by atoms with van der Waals surface area (Å²) >= 11 is 0. The van der Waals surface area contributed by atoms with Gasteiger partial charge in [0, 0.05) is 25.8 Å². The minimum Gasteiger partial charge on any atom is -0.480 e. The maximum absolute atomic E-state index is 11.6. The van der Waals surface area contributed by atoms with Crippen LogP contribution in [0, 0.1) is 11.3 Å². The quantitative estimate of drug-likeness (QED) is 0.145. The number of carbonyl (C=O) groups is 1. The molecule has 39 heavy (non-hydrogen) atoms. The molecular formula is C27H29N9O3. The van der Waals surface area contributed by atoms with E-state index in [9.17, 15) is 15.2 Å². The normalized spacial score (nSPS) is 15.4. The van der Waals surface area contributed by atoms with Crippen molar-refractivity contribution in [2.75, 3.05) is 37.0 Å². The number of hydrogen-bond acceptors (Lipinski definition) is 11. The summed E-state index contributed by atoms with van der Waals surface area (Å²) in [6.07, 6.45) is 2.92. The molecule has 3 aromatic rings. The first-order valence-electron chi connectivity index (χ1n) is 12.4. The van der Waals surface area contributed by atoms with Crippen LogP contribution in [0.15, 0.2) is 58.6 Å². The zero-order valence-electron chi connectivity index (χ0n) is 21.5. The summed E-state index contributed by atoms with van der Waals surface area (Å²) in [5.74, 6) is 5.84. The SMILES string of the molecule is COCCNc1nc(/C(C=NCc2cccc(N3CCC[C@H]3C(=O)O)n2)=N/N)cc(-c2cccc(C#N)c2)n1. The van der Waals surface area contributed by atoms with Gasteiger partial charge in [-0.2, -0.15) is 10.4 Å². The second-order valence-electron chi connectivity index (χ2n) is 8.74. The lowest BCUT2D eigenvalue weighted by molar-refractivity contribution is -0.138. The van der Waals surface area contributed by atoms with Crippen LogP contribution < -0.4 is 16.1 Å². The van der Waals surface area contributed by atoms with Crippen LogP contribution in [0.5, 0.6) is 0 Å². The molecule has 1 fully saturated rings. The average molecular weight is 528 g/mol. The molecular weight excluding hydrogens is 498 g/mol. The van der Waals surface area contributed by atoms with E-state index in [1.165, 1.54) is 6.21 Å². The molecule has 1 aromatic carbocycles. The van der Waals surface area contributed by atoms with Crippen LogP contribution in [0.25, 0.3) is 11.3 Å². The standard InChI is InChI=1S/C27H29N9O3/c1-39-12-10-31-27-33-21(19-6-2-5-18(13-19)15-28)14-22(34-27)23(35-29)17-30-16-20-7-3-9-25(32-20)36-11-4-8-24(36)26(37)38/h2-3,5-7,9,13-14,17,24H,4,8,10-12,16,29H2,1H3,(H,37,38)(H,31,33,34)/b30-17?,35-23+/t24-/m0/s1. The van der Waals surface area contributed by atoms with Gasteiger partial charge in [0.2, 0.25) is 5.95 Å². The fourth-order valence-corrected chi connectivity index (χ4v) is 4.22. The van der Waals surface area contributed by atoms with E-state index in [0.717, 1.165) is 12.0 Å². The number of nitrogens with two attached hydrogens (primary N) is 1. The van der Waals surface area contributed by atoms with Crippen LogP contribution in [0.4, 0.5) is 11.8 Å². The second-order valence-corrected chi connectivity index (χ2v) is 8.74. The number of benzene rings is 1. The van der Waals surface area contributed by atoms with Gasteiger partial charge in [0.1, 0.15) is 17.6 Å². The highest BCUT2D eigenvalue weighted by Gasteiger charge is 2.31. The van der Waals surface area contributed by atoms with Crippen molar-refractivity contribution >= 4 is 29.7 Å². The maximum Gasteiger partial charge on any atom is 0.326 e. The minimum absolute atomic E-state index is 0.236. The molecule has 0 amide bonds. The fraction of sp³-hybridized carbons (Fsp3) is 0.296. The van der Waals surface area contributed by atoms with E-state index in [4.69, 9.17) is 10.6 Å². The van der Waals surface area contributed by atoms with Crippen LogP contribution in [-0.2, 0) is 16.1 Å². The van der Waals surface area contributed by atoms with Crippen LogP contribution in [0.2, 0.25) is 0 Å². The van der Waals surface area contributed by atoms with E-state index in [0.29, 0.717) is 66.2 Å². The number of pyridine rings is 1. The Morgan fingerprint density at radius 1 is 1.28 bits per heavy atom. The van der Waals surface area contributed by atoms with Gasteiger partial charge >= 0.3 is 5.97 Å². The third-order valence-electron chi connectivity index (χ3n) is 6.10. The molecule has 4 N–H and O–H groups in total. The summed E-state index contributed by atoms with van der Waals surface area (Å²) in [5, 5.41) is 25.8. The third-order valence-corrected chi connectivity index (χ3v) is 6.10. The number of aliphatic imine (C=N–C) groups is 1. The Bertz CT molecular complexity index is 1420. The predicted molar refractivity (Wildman–Crippen MR) is 148 cm³/mol. The maximum atomic E-state index is 11.6. The van der Waals surface area contributed by atoms with Crippen molar-refractivity contribution in [2.24, 2.45) is 15.9 Å². The average Bonchev–Trinajstić information content (AvgIpc) is 3.46. The number of nitrogens with zero attached hydrogens (tertiary/aromatic N) is 7. The Kier molecular flexibility index (Phi) is 9.10. The highest BCUT2D eigenvalue weighted by molar-refractivity contribution is 6.37. The molecule has 1 aliphatic rings. The molecule has 4 rings (SSSR count). The molecule has 1 atom stereocenters. The smallest absolute Gasteiger partial charge is 0.326 e. The first-order chi connectivity index (χ1) is 19.0. The number of ether oxygens (including phenoxy) is 1. The largest absolute Gasteiger partial charge is 0.480 e. The molecule has 0 unspecified atom stereocenters. The van der Waals surface area contributed by atoms with Crippen LogP contribution in [0.3, 0.4) is 0 Å². The molecule has 12 heteroatoms. The van der Waals surface area contributed by atoms with E-state index >= 15 is 0 Å². The van der Waals surface area contributed by atoms with Crippen molar-refractivity contribution in [1.29, 1.82) is 5.26 Å². The van der Waals surface area contributed by atoms with Crippen molar-refractivity contribution in [3.05, 3.63) is 65.5 Å². The van der Waals surface area contributed by atoms with Crippen LogP contribution in [0.1, 0.15) is 29.8 Å². The number of aromatic nitrogens is 3. The van der Waals surface area contributed by atoms with Crippen molar-refractivity contribution in [2.45, 2.75) is 25.4 Å². The summed E-state index contributed by atoms with van der Waals surface area (Å²) in [5.41, 5.74) is 3.27. The molecule has 1 saturated heterocycles. The highest BCUT2D eigenvalue weighted by atomic mass is 16.5. The van der Waals surface area contributed by atoms with E-state index in [-0.39, 0.29) is 6.54 Å². The van der Waals surface area contributed by atoms with Gasteiger partial charge in [-0.3, -0.25) is 4.99 Å². The zero-order valence-corrected chi connectivity index (χ0v) is 21.5. The Morgan fingerprint density at radius 3 is 2.90 bits per heavy atom. The monoisotopic (exact) mass is 527 g/mol. The lowest BCUT2D eigenvalue weighted by Crippen LogP contribution is -2.36. The molecule has 0 radical (unpaired) electrons. The number of aliphatic carboxylic acids is 1. The molecule has 200 valence electrons.